The summed E-state index contributed by atoms with van der Waals surface area (Å²) in [5, 5.41) is 3.29. The summed E-state index contributed by atoms with van der Waals surface area (Å²) < 4.78 is 0. The third-order valence-electron chi connectivity index (χ3n) is 2.75. The smallest absolute Gasteiger partial charge is 0.255 e. The molecule has 6 heteroatoms. The van der Waals surface area contributed by atoms with Gasteiger partial charge in [-0.3, -0.25) is 9.78 Å². The maximum Gasteiger partial charge on any atom is 0.255 e. The molecule has 1 aliphatic rings. The van der Waals surface area contributed by atoms with Crippen molar-refractivity contribution in [3.05, 3.63) is 29.6 Å². The number of nitrogens with zero attached hydrogens (tertiary/aromatic N) is 2. The molecule has 0 bridgehead atoms. The van der Waals surface area contributed by atoms with Gasteiger partial charge in [0.05, 0.1) is 5.56 Å². The molecule has 0 saturated carbocycles. The van der Waals surface area contributed by atoms with E-state index in [4.69, 9.17) is 0 Å². The van der Waals surface area contributed by atoms with Crippen molar-refractivity contribution in [2.75, 3.05) is 26.2 Å². The highest BCUT2D eigenvalue weighted by atomic mass is 35.5. The van der Waals surface area contributed by atoms with Gasteiger partial charge in [0, 0.05) is 32.0 Å². The molecule has 0 atom stereocenters. The molecule has 102 valence electrons. The third-order valence-corrected chi connectivity index (χ3v) is 2.75. The first-order valence-corrected chi connectivity index (χ1v) is 5.69. The Labute approximate surface area is 120 Å². The number of rotatable bonds is 1. The lowest BCUT2D eigenvalue weighted by atomic mass is 10.2. The Balaban J connectivity index is 0.00000144. The fraction of sp³-hybridized carbons (Fsp3) is 0.500. The molecule has 1 aromatic heterocycles. The number of halogens is 2. The highest BCUT2D eigenvalue weighted by molar-refractivity contribution is 5.94. The number of hydrogen-bond donors (Lipinski definition) is 1. The van der Waals surface area contributed by atoms with Gasteiger partial charge < -0.3 is 10.2 Å². The molecule has 1 amide bonds. The zero-order valence-electron chi connectivity index (χ0n) is 10.4. The van der Waals surface area contributed by atoms with Crippen molar-refractivity contribution >= 4 is 30.7 Å². The topological polar surface area (TPSA) is 45.2 Å². The molecule has 4 nitrogen and oxygen atoms in total. The van der Waals surface area contributed by atoms with Gasteiger partial charge in [-0.25, -0.2) is 0 Å². The van der Waals surface area contributed by atoms with E-state index in [9.17, 15) is 4.79 Å². The minimum atomic E-state index is 0. The van der Waals surface area contributed by atoms with Gasteiger partial charge in [0.2, 0.25) is 0 Å². The Bertz CT molecular complexity index is 379. The average Bonchev–Trinajstić information content (AvgIpc) is 2.56. The first-order valence-electron chi connectivity index (χ1n) is 5.69. The molecule has 1 aromatic rings. The molecular weight excluding hydrogens is 273 g/mol. The van der Waals surface area contributed by atoms with Crippen LogP contribution in [0.2, 0.25) is 0 Å². The predicted molar refractivity (Wildman–Crippen MR) is 76.9 cm³/mol. The highest BCUT2D eigenvalue weighted by Crippen LogP contribution is 2.07. The molecule has 2 rings (SSSR count). The minimum Gasteiger partial charge on any atom is -0.337 e. The molecule has 0 spiro atoms. The van der Waals surface area contributed by atoms with E-state index in [1.165, 1.54) is 0 Å². The minimum absolute atomic E-state index is 0. The summed E-state index contributed by atoms with van der Waals surface area (Å²) in [5.74, 6) is 0.0971. The van der Waals surface area contributed by atoms with Crippen LogP contribution in [0.1, 0.15) is 22.3 Å². The summed E-state index contributed by atoms with van der Waals surface area (Å²) in [4.78, 5) is 18.1. The van der Waals surface area contributed by atoms with Crippen LogP contribution in [0.25, 0.3) is 0 Å². The van der Waals surface area contributed by atoms with E-state index in [0.29, 0.717) is 5.56 Å². The summed E-state index contributed by atoms with van der Waals surface area (Å²) in [5.41, 5.74) is 1.72. The second-order valence-corrected chi connectivity index (χ2v) is 4.15. The molecule has 1 N–H and O–H groups in total. The molecule has 1 fully saturated rings. The standard InChI is InChI=1S/C12H17N3O.2ClH/c1-10-7-11(9-14-8-10)12(16)15-5-2-3-13-4-6-15;;/h7-9,13H,2-6H2,1H3;2*1H. The molecule has 0 unspecified atom stereocenters. The fourth-order valence-corrected chi connectivity index (χ4v) is 1.90. The second kappa shape index (κ2) is 8.29. The van der Waals surface area contributed by atoms with Crippen LogP contribution in [0.3, 0.4) is 0 Å². The van der Waals surface area contributed by atoms with Crippen LogP contribution in [0.4, 0.5) is 0 Å². The lowest BCUT2D eigenvalue weighted by Gasteiger charge is -2.19. The summed E-state index contributed by atoms with van der Waals surface area (Å²) in [7, 11) is 0. The van der Waals surface area contributed by atoms with E-state index in [-0.39, 0.29) is 30.7 Å². The number of aryl methyl sites for hydroxylation is 1. The quantitative estimate of drug-likeness (QED) is 0.856. The normalized spacial score (nSPS) is 15.1. The molecule has 0 aliphatic carbocycles. The van der Waals surface area contributed by atoms with Gasteiger partial charge in [-0.1, -0.05) is 0 Å². The average molecular weight is 292 g/mol. The number of carbonyl (C=O) groups is 1. The van der Waals surface area contributed by atoms with Gasteiger partial charge >= 0.3 is 0 Å². The Morgan fingerprint density at radius 3 is 2.78 bits per heavy atom. The summed E-state index contributed by atoms with van der Waals surface area (Å²) in [6.45, 7) is 5.45. The van der Waals surface area contributed by atoms with Gasteiger partial charge in [-0.15, -0.1) is 24.8 Å². The van der Waals surface area contributed by atoms with E-state index in [1.807, 2.05) is 17.9 Å². The van der Waals surface area contributed by atoms with Crippen molar-refractivity contribution in [1.82, 2.24) is 15.2 Å². The van der Waals surface area contributed by atoms with E-state index < -0.39 is 0 Å². The molecule has 0 aromatic carbocycles. The van der Waals surface area contributed by atoms with Crippen LogP contribution in [-0.2, 0) is 0 Å². The molecule has 0 radical (unpaired) electrons. The zero-order valence-corrected chi connectivity index (χ0v) is 12.0. The summed E-state index contributed by atoms with van der Waals surface area (Å²) in [6.07, 6.45) is 4.43. The third kappa shape index (κ3) is 4.44. The lowest BCUT2D eigenvalue weighted by Crippen LogP contribution is -2.34. The highest BCUT2D eigenvalue weighted by Gasteiger charge is 2.17. The van der Waals surface area contributed by atoms with Gasteiger partial charge in [-0.05, 0) is 31.5 Å². The molecule has 1 aliphatic heterocycles. The van der Waals surface area contributed by atoms with Crippen LogP contribution in [0, 0.1) is 6.92 Å². The number of nitrogens with one attached hydrogen (secondary N) is 1. The van der Waals surface area contributed by atoms with Crippen molar-refractivity contribution in [3.8, 4) is 0 Å². The lowest BCUT2D eigenvalue weighted by molar-refractivity contribution is 0.0766. The van der Waals surface area contributed by atoms with Crippen molar-refractivity contribution in [3.63, 3.8) is 0 Å². The predicted octanol–water partition coefficient (Wildman–Crippen LogP) is 1.67. The van der Waals surface area contributed by atoms with E-state index in [2.05, 4.69) is 10.3 Å². The summed E-state index contributed by atoms with van der Waals surface area (Å²) in [6, 6.07) is 1.90. The van der Waals surface area contributed by atoms with Crippen LogP contribution in [0.5, 0.6) is 0 Å². The largest absolute Gasteiger partial charge is 0.337 e. The first-order chi connectivity index (χ1) is 7.77. The van der Waals surface area contributed by atoms with Crippen molar-refractivity contribution in [2.24, 2.45) is 0 Å². The monoisotopic (exact) mass is 291 g/mol. The maximum absolute atomic E-state index is 12.2. The SMILES string of the molecule is Cc1cncc(C(=O)N2CCCNCC2)c1.Cl.Cl. The molecule has 2 heterocycles. The maximum atomic E-state index is 12.2. The fourth-order valence-electron chi connectivity index (χ4n) is 1.90. The molecule has 1 saturated heterocycles. The number of carbonyl (C=O) groups excluding carboxylic acids is 1. The Hall–Kier alpha value is -0.840. The van der Waals surface area contributed by atoms with E-state index in [0.717, 1.165) is 38.2 Å². The van der Waals surface area contributed by atoms with Crippen molar-refractivity contribution in [1.29, 1.82) is 0 Å². The van der Waals surface area contributed by atoms with Crippen molar-refractivity contribution < 1.29 is 4.79 Å². The first kappa shape index (κ1) is 17.2. The molecule has 18 heavy (non-hydrogen) atoms. The van der Waals surface area contributed by atoms with Crippen LogP contribution in [0.15, 0.2) is 18.5 Å². The molecular formula is C12H19Cl2N3O. The Kier molecular flexibility index (Phi) is 7.91. The number of pyridine rings is 1. The van der Waals surface area contributed by atoms with Gasteiger partial charge in [0.1, 0.15) is 0 Å². The van der Waals surface area contributed by atoms with Crippen molar-refractivity contribution in [2.45, 2.75) is 13.3 Å². The van der Waals surface area contributed by atoms with Crippen LogP contribution in [-0.4, -0.2) is 42.0 Å². The summed E-state index contributed by atoms with van der Waals surface area (Å²) >= 11 is 0. The number of hydrogen-bond acceptors (Lipinski definition) is 3. The van der Waals surface area contributed by atoms with Crippen LogP contribution < -0.4 is 5.32 Å². The number of aromatic nitrogens is 1. The number of amides is 1. The van der Waals surface area contributed by atoms with Crippen LogP contribution >= 0.6 is 24.8 Å². The van der Waals surface area contributed by atoms with E-state index >= 15 is 0 Å². The zero-order chi connectivity index (χ0) is 11.4. The van der Waals surface area contributed by atoms with Gasteiger partial charge in [0.15, 0.2) is 0 Å². The Morgan fingerprint density at radius 1 is 1.28 bits per heavy atom. The van der Waals surface area contributed by atoms with E-state index in [1.54, 1.807) is 12.4 Å². The van der Waals surface area contributed by atoms with Gasteiger partial charge in [-0.2, -0.15) is 0 Å². The Morgan fingerprint density at radius 2 is 2.06 bits per heavy atom. The second-order valence-electron chi connectivity index (χ2n) is 4.15. The van der Waals surface area contributed by atoms with Gasteiger partial charge in [0.25, 0.3) is 5.91 Å².